The number of halogens is 2. The molecule has 1 aromatic carbocycles. The zero-order chi connectivity index (χ0) is 12.3. The van der Waals surface area contributed by atoms with Crippen LogP contribution in [0.2, 0.25) is 0 Å². The molecule has 0 N–H and O–H groups in total. The minimum atomic E-state index is -0.332. The molecule has 0 fully saturated rings. The topological polar surface area (TPSA) is 30.8 Å². The van der Waals surface area contributed by atoms with Gasteiger partial charge in [-0.15, -0.1) is 11.6 Å². The molecule has 0 unspecified atom stereocenters. The first-order chi connectivity index (χ1) is 8.20. The average molecular weight is 319 g/mol. The first-order valence-electron chi connectivity index (χ1n) is 5.46. The Kier molecular flexibility index (Phi) is 4.42. The number of hydrogen-bond donors (Lipinski definition) is 0. The summed E-state index contributed by atoms with van der Waals surface area (Å²) in [6.07, 6.45) is 0.284. The van der Waals surface area contributed by atoms with E-state index in [1.165, 1.54) is 0 Å². The van der Waals surface area contributed by atoms with E-state index in [1.807, 2.05) is 31.2 Å². The van der Waals surface area contributed by atoms with Crippen LogP contribution in [-0.4, -0.2) is 24.0 Å². The molecule has 1 aromatic rings. The van der Waals surface area contributed by atoms with Crippen LogP contribution in [0.15, 0.2) is 33.9 Å². The van der Waals surface area contributed by atoms with Crippen molar-refractivity contribution in [3.05, 3.63) is 34.3 Å². The fourth-order valence-electron chi connectivity index (χ4n) is 1.63. The van der Waals surface area contributed by atoms with Crippen LogP contribution in [0.25, 0.3) is 0 Å². The van der Waals surface area contributed by atoms with Crippen LogP contribution in [0.1, 0.15) is 18.9 Å². The number of oxime groups is 1. The molecule has 0 aliphatic carbocycles. The van der Waals surface area contributed by atoms with Crippen molar-refractivity contribution in [2.45, 2.75) is 25.0 Å². The van der Waals surface area contributed by atoms with Crippen LogP contribution in [0, 0.1) is 0 Å². The smallest absolute Gasteiger partial charge is 0.228 e. The number of alkyl halides is 1. The molecular formula is C12H13BrClNO2. The third kappa shape index (κ3) is 3.21. The van der Waals surface area contributed by atoms with Crippen LogP contribution in [0.3, 0.4) is 0 Å². The van der Waals surface area contributed by atoms with Crippen molar-refractivity contribution in [3.8, 4) is 0 Å². The second-order valence-electron chi connectivity index (χ2n) is 3.68. The number of benzene rings is 1. The van der Waals surface area contributed by atoms with Crippen LogP contribution >= 0.6 is 27.5 Å². The van der Waals surface area contributed by atoms with E-state index in [0.717, 1.165) is 15.7 Å². The molecule has 0 spiro atoms. The molecule has 0 saturated carbocycles. The second-order valence-corrected chi connectivity index (χ2v) is 5.12. The van der Waals surface area contributed by atoms with E-state index in [-0.39, 0.29) is 11.7 Å². The number of rotatable bonds is 3. The van der Waals surface area contributed by atoms with E-state index >= 15 is 0 Å². The van der Waals surface area contributed by atoms with E-state index in [4.69, 9.17) is 21.2 Å². The lowest BCUT2D eigenvalue weighted by Gasteiger charge is -2.24. The van der Waals surface area contributed by atoms with Gasteiger partial charge in [-0.25, -0.2) is 0 Å². The summed E-state index contributed by atoms with van der Waals surface area (Å²) in [4.78, 5) is 5.26. The van der Waals surface area contributed by atoms with Gasteiger partial charge in [0, 0.05) is 23.1 Å². The third-order valence-corrected chi connectivity index (χ3v) is 3.37. The molecule has 92 valence electrons. The predicted molar refractivity (Wildman–Crippen MR) is 71.4 cm³/mol. The largest absolute Gasteiger partial charge is 0.363 e. The quantitative estimate of drug-likeness (QED) is 0.798. The van der Waals surface area contributed by atoms with Gasteiger partial charge in [-0.3, -0.25) is 0 Å². The molecule has 1 heterocycles. The number of nitrogens with zero attached hydrogens (tertiary/aromatic N) is 1. The highest BCUT2D eigenvalue weighted by Gasteiger charge is 2.27. The number of hydrogen-bond acceptors (Lipinski definition) is 3. The van der Waals surface area contributed by atoms with Crippen LogP contribution < -0.4 is 0 Å². The van der Waals surface area contributed by atoms with Gasteiger partial charge in [0.2, 0.25) is 6.29 Å². The normalized spacial score (nSPS) is 24.1. The molecule has 1 aliphatic rings. The van der Waals surface area contributed by atoms with Crippen molar-refractivity contribution in [3.63, 3.8) is 0 Å². The van der Waals surface area contributed by atoms with Crippen LogP contribution in [-0.2, 0) is 9.57 Å². The highest BCUT2D eigenvalue weighted by atomic mass is 79.9. The molecule has 17 heavy (non-hydrogen) atoms. The molecule has 0 amide bonds. The van der Waals surface area contributed by atoms with Crippen molar-refractivity contribution >= 4 is 33.2 Å². The Morgan fingerprint density at radius 2 is 2.18 bits per heavy atom. The standard InChI is InChI=1S/C12H13BrClNO2/c1-2-16-11-7-10(14)12(15-17-11)8-3-5-9(13)6-4-8/h3-6,10-11H,2,7H2,1H3/t10-,11+/m0/s1. The summed E-state index contributed by atoms with van der Waals surface area (Å²) < 4.78 is 6.36. The summed E-state index contributed by atoms with van der Waals surface area (Å²) in [5.41, 5.74) is 1.73. The average Bonchev–Trinajstić information content (AvgIpc) is 2.31. The predicted octanol–water partition coefficient (Wildman–Crippen LogP) is 3.54. The van der Waals surface area contributed by atoms with Crippen LogP contribution in [0.4, 0.5) is 0 Å². The molecule has 2 atom stereocenters. The van der Waals surface area contributed by atoms with Gasteiger partial charge in [-0.05, 0) is 19.1 Å². The van der Waals surface area contributed by atoms with Gasteiger partial charge >= 0.3 is 0 Å². The summed E-state index contributed by atoms with van der Waals surface area (Å²) in [6, 6.07) is 7.83. The molecule has 2 rings (SSSR count). The Bertz CT molecular complexity index is 407. The minimum Gasteiger partial charge on any atom is -0.363 e. The Morgan fingerprint density at radius 3 is 2.76 bits per heavy atom. The highest BCUT2D eigenvalue weighted by Crippen LogP contribution is 2.23. The summed E-state index contributed by atoms with van der Waals surface area (Å²) in [6.45, 7) is 2.51. The van der Waals surface area contributed by atoms with E-state index in [2.05, 4.69) is 21.1 Å². The van der Waals surface area contributed by atoms with Crippen molar-refractivity contribution in [1.82, 2.24) is 0 Å². The Morgan fingerprint density at radius 1 is 1.47 bits per heavy atom. The molecule has 0 saturated heterocycles. The van der Waals surface area contributed by atoms with Crippen molar-refractivity contribution in [2.75, 3.05) is 6.61 Å². The van der Waals surface area contributed by atoms with Gasteiger partial charge in [-0.1, -0.05) is 33.2 Å². The maximum atomic E-state index is 6.28. The van der Waals surface area contributed by atoms with Crippen molar-refractivity contribution in [1.29, 1.82) is 0 Å². The zero-order valence-electron chi connectivity index (χ0n) is 9.40. The van der Waals surface area contributed by atoms with E-state index in [0.29, 0.717) is 13.0 Å². The minimum absolute atomic E-state index is 0.179. The summed E-state index contributed by atoms with van der Waals surface area (Å²) in [5.74, 6) is 0. The molecule has 1 aliphatic heterocycles. The molecule has 0 bridgehead atoms. The summed E-state index contributed by atoms with van der Waals surface area (Å²) >= 11 is 9.68. The van der Waals surface area contributed by atoms with Gasteiger partial charge in [0.15, 0.2) is 0 Å². The molecule has 5 heteroatoms. The molecule has 3 nitrogen and oxygen atoms in total. The Labute approximate surface area is 114 Å². The van der Waals surface area contributed by atoms with Crippen LogP contribution in [0.5, 0.6) is 0 Å². The first-order valence-corrected chi connectivity index (χ1v) is 6.69. The van der Waals surface area contributed by atoms with E-state index < -0.39 is 0 Å². The number of ether oxygens (including phenoxy) is 1. The van der Waals surface area contributed by atoms with Gasteiger partial charge in [0.05, 0.1) is 5.38 Å². The Hall–Kier alpha value is -0.580. The maximum absolute atomic E-state index is 6.28. The zero-order valence-corrected chi connectivity index (χ0v) is 11.7. The van der Waals surface area contributed by atoms with E-state index in [9.17, 15) is 0 Å². The molecular weight excluding hydrogens is 305 g/mol. The fraction of sp³-hybridized carbons (Fsp3) is 0.417. The SMILES string of the molecule is CCO[C@H]1C[C@H](Cl)C(c2ccc(Br)cc2)=NO1. The lowest BCUT2D eigenvalue weighted by Crippen LogP contribution is -2.30. The van der Waals surface area contributed by atoms with Gasteiger partial charge in [0.1, 0.15) is 5.71 Å². The van der Waals surface area contributed by atoms with Crippen molar-refractivity contribution in [2.24, 2.45) is 5.16 Å². The fourth-order valence-corrected chi connectivity index (χ4v) is 2.21. The van der Waals surface area contributed by atoms with Gasteiger partial charge in [0.25, 0.3) is 0 Å². The highest BCUT2D eigenvalue weighted by molar-refractivity contribution is 9.10. The van der Waals surface area contributed by atoms with Crippen molar-refractivity contribution < 1.29 is 9.57 Å². The monoisotopic (exact) mass is 317 g/mol. The lowest BCUT2D eigenvalue weighted by molar-refractivity contribution is -0.146. The van der Waals surface area contributed by atoms with E-state index in [1.54, 1.807) is 0 Å². The summed E-state index contributed by atoms with van der Waals surface area (Å²) in [5, 5.41) is 3.88. The summed E-state index contributed by atoms with van der Waals surface area (Å²) in [7, 11) is 0. The van der Waals surface area contributed by atoms with Gasteiger partial charge < -0.3 is 9.57 Å². The molecule has 0 aromatic heterocycles. The first kappa shape index (κ1) is 12.9. The second kappa shape index (κ2) is 5.85. The maximum Gasteiger partial charge on any atom is 0.228 e. The van der Waals surface area contributed by atoms with Gasteiger partial charge in [-0.2, -0.15) is 0 Å². The third-order valence-electron chi connectivity index (χ3n) is 2.46. The molecule has 0 radical (unpaired) electrons. The Balaban J connectivity index is 2.14. The lowest BCUT2D eigenvalue weighted by atomic mass is 10.0.